The fourth-order valence-electron chi connectivity index (χ4n) is 4.01. The summed E-state index contributed by atoms with van der Waals surface area (Å²) in [6.45, 7) is 7.69. The van der Waals surface area contributed by atoms with Crippen LogP contribution in [0.4, 0.5) is 0 Å². The number of hydrogen-bond donors (Lipinski definition) is 0. The van der Waals surface area contributed by atoms with Crippen LogP contribution >= 0.6 is 0 Å². The lowest BCUT2D eigenvalue weighted by Crippen LogP contribution is -2.12. The van der Waals surface area contributed by atoms with E-state index in [9.17, 15) is 9.59 Å². The summed E-state index contributed by atoms with van der Waals surface area (Å²) >= 11 is 0. The van der Waals surface area contributed by atoms with Gasteiger partial charge in [-0.2, -0.15) is 0 Å². The van der Waals surface area contributed by atoms with E-state index in [4.69, 9.17) is 9.47 Å². The van der Waals surface area contributed by atoms with Gasteiger partial charge in [0, 0.05) is 12.8 Å². The summed E-state index contributed by atoms with van der Waals surface area (Å²) in [7, 11) is 0. The Kier molecular flexibility index (Phi) is 23.8. The molecule has 190 valence electrons. The molecule has 0 aliphatic carbocycles. The first-order valence-corrected chi connectivity index (χ1v) is 13.9. The van der Waals surface area contributed by atoms with Crippen molar-refractivity contribution in [2.45, 2.75) is 149 Å². The number of carbonyl (C=O) groups excluding carboxylic acids is 2. The van der Waals surface area contributed by atoms with Gasteiger partial charge in [0.1, 0.15) is 0 Å². The lowest BCUT2D eigenvalue weighted by molar-refractivity contribution is -0.145. The van der Waals surface area contributed by atoms with E-state index in [0.29, 0.717) is 32.0 Å². The second-order valence-electron chi connectivity index (χ2n) is 9.41. The van der Waals surface area contributed by atoms with Gasteiger partial charge in [0.15, 0.2) is 0 Å². The SMILES string of the molecule is CCCCCOC(=O)CCCCCCCCCCCCC(CC)CC(=O)OCCCCC. The highest BCUT2D eigenvalue weighted by Crippen LogP contribution is 2.19. The Bertz CT molecular complexity index is 422. The third-order valence-corrected chi connectivity index (χ3v) is 6.30. The van der Waals surface area contributed by atoms with Crippen LogP contribution in [0.5, 0.6) is 0 Å². The zero-order chi connectivity index (χ0) is 23.7. The molecule has 0 bridgehead atoms. The number of unbranched alkanes of at least 4 members (excludes halogenated alkanes) is 13. The Balaban J connectivity index is 3.41. The van der Waals surface area contributed by atoms with Crippen LogP contribution in [-0.4, -0.2) is 25.2 Å². The molecule has 0 heterocycles. The van der Waals surface area contributed by atoms with E-state index in [0.717, 1.165) is 64.2 Å². The second kappa shape index (κ2) is 24.6. The van der Waals surface area contributed by atoms with Crippen LogP contribution in [0, 0.1) is 5.92 Å². The average molecular weight is 455 g/mol. The predicted molar refractivity (Wildman–Crippen MR) is 135 cm³/mol. The predicted octanol–water partition coefficient (Wildman–Crippen LogP) is 8.55. The van der Waals surface area contributed by atoms with Crippen molar-refractivity contribution in [3.05, 3.63) is 0 Å². The van der Waals surface area contributed by atoms with Crippen LogP contribution in [0.1, 0.15) is 149 Å². The molecule has 0 radical (unpaired) electrons. The molecular formula is C28H54O4. The van der Waals surface area contributed by atoms with Gasteiger partial charge in [-0.25, -0.2) is 0 Å². The summed E-state index contributed by atoms with van der Waals surface area (Å²) in [5, 5.41) is 0. The normalized spacial score (nSPS) is 12.0. The summed E-state index contributed by atoms with van der Waals surface area (Å²) in [4.78, 5) is 23.5. The number of carbonyl (C=O) groups is 2. The molecule has 0 saturated carbocycles. The molecular weight excluding hydrogens is 400 g/mol. The second-order valence-corrected chi connectivity index (χ2v) is 9.41. The van der Waals surface area contributed by atoms with Crippen LogP contribution < -0.4 is 0 Å². The number of ether oxygens (including phenoxy) is 2. The van der Waals surface area contributed by atoms with E-state index in [1.807, 2.05) is 0 Å². The van der Waals surface area contributed by atoms with E-state index in [1.165, 1.54) is 51.4 Å². The van der Waals surface area contributed by atoms with Crippen molar-refractivity contribution in [2.75, 3.05) is 13.2 Å². The number of hydrogen-bond acceptors (Lipinski definition) is 4. The highest BCUT2D eigenvalue weighted by atomic mass is 16.5. The van der Waals surface area contributed by atoms with Crippen LogP contribution in [0.3, 0.4) is 0 Å². The quantitative estimate of drug-likeness (QED) is 0.108. The Morgan fingerprint density at radius 3 is 1.53 bits per heavy atom. The molecule has 1 unspecified atom stereocenters. The van der Waals surface area contributed by atoms with Crippen LogP contribution in [0.2, 0.25) is 0 Å². The average Bonchev–Trinajstić information content (AvgIpc) is 2.79. The molecule has 32 heavy (non-hydrogen) atoms. The maximum atomic E-state index is 11.9. The highest BCUT2D eigenvalue weighted by Gasteiger charge is 2.13. The summed E-state index contributed by atoms with van der Waals surface area (Å²) in [6, 6.07) is 0. The Labute approximate surface area is 199 Å². The summed E-state index contributed by atoms with van der Waals surface area (Å²) < 4.78 is 10.6. The lowest BCUT2D eigenvalue weighted by Gasteiger charge is -2.14. The van der Waals surface area contributed by atoms with E-state index < -0.39 is 0 Å². The van der Waals surface area contributed by atoms with Crippen LogP contribution in [0.25, 0.3) is 0 Å². The van der Waals surface area contributed by atoms with Crippen molar-refractivity contribution in [1.29, 1.82) is 0 Å². The molecule has 0 fully saturated rings. The topological polar surface area (TPSA) is 52.6 Å². The van der Waals surface area contributed by atoms with Gasteiger partial charge in [0.2, 0.25) is 0 Å². The fourth-order valence-corrected chi connectivity index (χ4v) is 4.01. The molecule has 0 aliphatic heterocycles. The molecule has 0 aliphatic rings. The first kappa shape index (κ1) is 30.9. The highest BCUT2D eigenvalue weighted by molar-refractivity contribution is 5.69. The minimum absolute atomic E-state index is 0.00295. The van der Waals surface area contributed by atoms with E-state index in [-0.39, 0.29) is 11.9 Å². The maximum Gasteiger partial charge on any atom is 0.306 e. The smallest absolute Gasteiger partial charge is 0.306 e. The van der Waals surface area contributed by atoms with Gasteiger partial charge in [-0.1, -0.05) is 111 Å². The van der Waals surface area contributed by atoms with Gasteiger partial charge in [-0.3, -0.25) is 9.59 Å². The fraction of sp³-hybridized carbons (Fsp3) is 0.929. The minimum atomic E-state index is -0.0183. The maximum absolute atomic E-state index is 11.9. The monoisotopic (exact) mass is 454 g/mol. The molecule has 0 rings (SSSR count). The van der Waals surface area contributed by atoms with Crippen molar-refractivity contribution in [1.82, 2.24) is 0 Å². The molecule has 4 nitrogen and oxygen atoms in total. The molecule has 0 amide bonds. The van der Waals surface area contributed by atoms with E-state index in [1.54, 1.807) is 0 Å². The summed E-state index contributed by atoms with van der Waals surface area (Å²) in [5.41, 5.74) is 0. The van der Waals surface area contributed by atoms with Gasteiger partial charge >= 0.3 is 11.9 Å². The van der Waals surface area contributed by atoms with Gasteiger partial charge in [-0.15, -0.1) is 0 Å². The zero-order valence-electron chi connectivity index (χ0n) is 21.8. The standard InChI is InChI=1S/C28H54O4/c1-4-7-19-23-31-27(29)22-18-16-14-12-10-9-11-13-15-17-21-26(6-3)25-28(30)32-24-20-8-5-2/h26H,4-25H2,1-3H3. The van der Waals surface area contributed by atoms with Crippen molar-refractivity contribution < 1.29 is 19.1 Å². The van der Waals surface area contributed by atoms with Gasteiger partial charge < -0.3 is 9.47 Å². The van der Waals surface area contributed by atoms with Gasteiger partial charge in [0.25, 0.3) is 0 Å². The molecule has 4 heteroatoms. The number of esters is 2. The summed E-state index contributed by atoms with van der Waals surface area (Å²) in [5.74, 6) is 0.467. The van der Waals surface area contributed by atoms with Crippen molar-refractivity contribution >= 4 is 11.9 Å². The zero-order valence-corrected chi connectivity index (χ0v) is 21.8. The Morgan fingerprint density at radius 2 is 1.03 bits per heavy atom. The first-order chi connectivity index (χ1) is 15.6. The van der Waals surface area contributed by atoms with Crippen molar-refractivity contribution in [3.63, 3.8) is 0 Å². The summed E-state index contributed by atoms with van der Waals surface area (Å²) in [6.07, 6.45) is 22.4. The molecule has 0 aromatic carbocycles. The molecule has 0 N–H and O–H groups in total. The van der Waals surface area contributed by atoms with Crippen molar-refractivity contribution in [3.8, 4) is 0 Å². The largest absolute Gasteiger partial charge is 0.466 e. The molecule has 0 saturated heterocycles. The third kappa shape index (κ3) is 22.1. The van der Waals surface area contributed by atoms with Crippen LogP contribution in [0.15, 0.2) is 0 Å². The van der Waals surface area contributed by atoms with Crippen molar-refractivity contribution in [2.24, 2.45) is 5.92 Å². The van der Waals surface area contributed by atoms with Gasteiger partial charge in [0.05, 0.1) is 13.2 Å². The minimum Gasteiger partial charge on any atom is -0.466 e. The first-order valence-electron chi connectivity index (χ1n) is 13.9. The van der Waals surface area contributed by atoms with E-state index >= 15 is 0 Å². The Morgan fingerprint density at radius 1 is 0.562 bits per heavy atom. The Hall–Kier alpha value is -1.06. The molecule has 0 spiro atoms. The third-order valence-electron chi connectivity index (χ3n) is 6.30. The molecule has 0 aromatic rings. The number of rotatable bonds is 24. The van der Waals surface area contributed by atoms with Gasteiger partial charge in [-0.05, 0) is 31.6 Å². The lowest BCUT2D eigenvalue weighted by atomic mass is 9.95. The molecule has 1 atom stereocenters. The van der Waals surface area contributed by atoms with E-state index in [2.05, 4.69) is 20.8 Å². The molecule has 0 aromatic heterocycles. The van der Waals surface area contributed by atoms with Crippen LogP contribution in [-0.2, 0) is 19.1 Å².